The molecule has 8 nitrogen and oxygen atoms in total. The molecule has 8 heteroatoms. The first-order valence-electron chi connectivity index (χ1n) is 9.71. The van der Waals surface area contributed by atoms with Crippen LogP contribution in [-0.2, 0) is 18.0 Å². The third-order valence-electron chi connectivity index (χ3n) is 4.75. The number of ether oxygens (including phenoxy) is 2. The van der Waals surface area contributed by atoms with Gasteiger partial charge in [-0.3, -0.25) is 0 Å². The summed E-state index contributed by atoms with van der Waals surface area (Å²) in [5.41, 5.74) is 4.05. The number of carbonyl (C=O) groups excluding carboxylic acids is 1. The highest BCUT2D eigenvalue weighted by molar-refractivity contribution is 5.89. The van der Waals surface area contributed by atoms with Crippen molar-refractivity contribution in [3.8, 4) is 17.2 Å². The molecule has 2 aromatic carbocycles. The van der Waals surface area contributed by atoms with E-state index in [1.54, 1.807) is 24.3 Å². The number of esters is 1. The Morgan fingerprint density at radius 1 is 0.903 bits per heavy atom. The number of rotatable bonds is 7. The second-order valence-corrected chi connectivity index (χ2v) is 7.07. The molecule has 0 aliphatic carbocycles. The summed E-state index contributed by atoms with van der Waals surface area (Å²) in [6.45, 7) is 5.96. The average molecular weight is 419 g/mol. The highest BCUT2D eigenvalue weighted by Crippen LogP contribution is 2.20. The van der Waals surface area contributed by atoms with Crippen molar-refractivity contribution in [2.75, 3.05) is 0 Å². The van der Waals surface area contributed by atoms with Crippen molar-refractivity contribution < 1.29 is 23.3 Å². The van der Waals surface area contributed by atoms with E-state index in [2.05, 4.69) is 15.3 Å². The lowest BCUT2D eigenvalue weighted by molar-refractivity contribution is 0.0459. The summed E-state index contributed by atoms with van der Waals surface area (Å²) in [5, 5.41) is 7.76. The van der Waals surface area contributed by atoms with Gasteiger partial charge in [-0.1, -0.05) is 28.0 Å². The first-order chi connectivity index (χ1) is 15.0. The molecule has 31 heavy (non-hydrogen) atoms. The molecule has 0 saturated heterocycles. The third-order valence-corrected chi connectivity index (χ3v) is 4.75. The minimum absolute atomic E-state index is 0.0848. The Balaban J connectivity index is 1.31. The summed E-state index contributed by atoms with van der Waals surface area (Å²) in [4.78, 5) is 16.6. The van der Waals surface area contributed by atoms with Crippen LogP contribution in [-0.4, -0.2) is 21.3 Å². The van der Waals surface area contributed by atoms with Crippen molar-refractivity contribution in [1.29, 1.82) is 0 Å². The molecule has 4 aromatic rings. The summed E-state index contributed by atoms with van der Waals surface area (Å²) in [6, 6.07) is 14.4. The highest BCUT2D eigenvalue weighted by atomic mass is 16.5. The van der Waals surface area contributed by atoms with Crippen molar-refractivity contribution in [1.82, 2.24) is 15.3 Å². The lowest BCUT2D eigenvalue weighted by Gasteiger charge is -2.07. The summed E-state index contributed by atoms with van der Waals surface area (Å²) >= 11 is 0. The van der Waals surface area contributed by atoms with Crippen LogP contribution >= 0.6 is 0 Å². The van der Waals surface area contributed by atoms with Crippen LogP contribution in [0.4, 0.5) is 0 Å². The average Bonchev–Trinajstić information content (AvgIpc) is 3.38. The van der Waals surface area contributed by atoms with E-state index in [0.29, 0.717) is 29.6 Å². The van der Waals surface area contributed by atoms with Crippen LogP contribution in [0.5, 0.6) is 5.75 Å². The summed E-state index contributed by atoms with van der Waals surface area (Å²) in [6.07, 6.45) is 0. The lowest BCUT2D eigenvalue weighted by atomic mass is 10.1. The largest absolute Gasteiger partial charge is 0.489 e. The Kier molecular flexibility index (Phi) is 5.79. The molecule has 4 rings (SSSR count). The fourth-order valence-electron chi connectivity index (χ4n) is 2.89. The van der Waals surface area contributed by atoms with Gasteiger partial charge in [0, 0.05) is 5.56 Å². The van der Waals surface area contributed by atoms with Crippen molar-refractivity contribution in [2.45, 2.75) is 34.0 Å². The number of hydrogen-bond acceptors (Lipinski definition) is 8. The topological polar surface area (TPSA) is 100 Å². The first-order valence-corrected chi connectivity index (χ1v) is 9.71. The fraction of sp³-hybridized carbons (Fsp3) is 0.217. The van der Waals surface area contributed by atoms with Crippen molar-refractivity contribution in [3.05, 3.63) is 82.5 Å². The SMILES string of the molecule is Cc1ccc(-c2nc(COC(=O)c3ccc(OCc4c(C)noc4C)cc3)no2)cc1. The van der Waals surface area contributed by atoms with Crippen LogP contribution in [0.1, 0.15) is 38.8 Å². The number of aryl methyl sites for hydroxylation is 3. The Labute approximate surface area is 178 Å². The Bertz CT molecular complexity index is 1160. The molecule has 158 valence electrons. The van der Waals surface area contributed by atoms with Gasteiger partial charge in [0.2, 0.25) is 5.82 Å². The summed E-state index contributed by atoms with van der Waals surface area (Å²) in [7, 11) is 0. The van der Waals surface area contributed by atoms with E-state index < -0.39 is 5.97 Å². The molecule has 0 radical (unpaired) electrons. The Morgan fingerprint density at radius 3 is 2.32 bits per heavy atom. The van der Waals surface area contributed by atoms with E-state index in [9.17, 15) is 4.79 Å². The van der Waals surface area contributed by atoms with Crippen LogP contribution in [0.2, 0.25) is 0 Å². The fourth-order valence-corrected chi connectivity index (χ4v) is 2.89. The zero-order chi connectivity index (χ0) is 21.8. The monoisotopic (exact) mass is 419 g/mol. The minimum Gasteiger partial charge on any atom is -0.489 e. The van der Waals surface area contributed by atoms with Crippen LogP contribution in [0.3, 0.4) is 0 Å². The number of benzene rings is 2. The molecule has 2 heterocycles. The predicted octanol–water partition coefficient (Wildman–Crippen LogP) is 4.59. The highest BCUT2D eigenvalue weighted by Gasteiger charge is 2.13. The second-order valence-electron chi connectivity index (χ2n) is 7.07. The number of aromatic nitrogens is 3. The number of nitrogens with zero attached hydrogens (tertiary/aromatic N) is 3. The maximum Gasteiger partial charge on any atom is 0.338 e. The van der Waals surface area contributed by atoms with Crippen LogP contribution in [0.15, 0.2) is 57.6 Å². The van der Waals surface area contributed by atoms with E-state index >= 15 is 0 Å². The zero-order valence-corrected chi connectivity index (χ0v) is 17.4. The van der Waals surface area contributed by atoms with Crippen molar-refractivity contribution in [2.24, 2.45) is 0 Å². The lowest BCUT2D eigenvalue weighted by Crippen LogP contribution is -2.06. The zero-order valence-electron chi connectivity index (χ0n) is 17.4. The van der Waals surface area contributed by atoms with Gasteiger partial charge in [0.15, 0.2) is 6.61 Å². The van der Waals surface area contributed by atoms with Gasteiger partial charge in [0.25, 0.3) is 5.89 Å². The van der Waals surface area contributed by atoms with Crippen molar-refractivity contribution >= 4 is 5.97 Å². The van der Waals surface area contributed by atoms with Gasteiger partial charge >= 0.3 is 5.97 Å². The predicted molar refractivity (Wildman–Crippen MR) is 110 cm³/mol. The molecule has 0 spiro atoms. The van der Waals surface area contributed by atoms with Crippen molar-refractivity contribution in [3.63, 3.8) is 0 Å². The number of hydrogen-bond donors (Lipinski definition) is 0. The van der Waals surface area contributed by atoms with Gasteiger partial charge in [0.05, 0.1) is 16.8 Å². The van der Waals surface area contributed by atoms with Gasteiger partial charge in [-0.05, 0) is 57.2 Å². The third kappa shape index (κ3) is 4.80. The summed E-state index contributed by atoms with van der Waals surface area (Å²) in [5.74, 6) is 1.54. The van der Waals surface area contributed by atoms with E-state index in [0.717, 1.165) is 28.1 Å². The second kappa shape index (κ2) is 8.83. The molecule has 0 aliphatic rings. The molecule has 0 unspecified atom stereocenters. The minimum atomic E-state index is -0.487. The van der Waals surface area contributed by atoms with Crippen LogP contribution < -0.4 is 4.74 Å². The smallest absolute Gasteiger partial charge is 0.338 e. The van der Waals surface area contributed by atoms with E-state index in [1.165, 1.54) is 0 Å². The number of carbonyl (C=O) groups is 1. The molecule has 0 saturated carbocycles. The molecule has 0 atom stereocenters. The molecule has 0 N–H and O–H groups in total. The van der Waals surface area contributed by atoms with Gasteiger partial charge < -0.3 is 18.5 Å². The summed E-state index contributed by atoms with van der Waals surface area (Å²) < 4.78 is 21.4. The molecule has 0 fully saturated rings. The van der Waals surface area contributed by atoms with Gasteiger partial charge in [-0.25, -0.2) is 4.79 Å². The van der Waals surface area contributed by atoms with Gasteiger partial charge in [-0.2, -0.15) is 4.98 Å². The Morgan fingerprint density at radius 2 is 1.65 bits per heavy atom. The normalized spacial score (nSPS) is 10.8. The maximum atomic E-state index is 12.3. The van der Waals surface area contributed by atoms with Gasteiger partial charge in [-0.15, -0.1) is 0 Å². The maximum absolute atomic E-state index is 12.3. The molecular weight excluding hydrogens is 398 g/mol. The molecule has 0 amide bonds. The molecule has 0 aliphatic heterocycles. The quantitative estimate of drug-likeness (QED) is 0.401. The van der Waals surface area contributed by atoms with E-state index in [4.69, 9.17) is 18.5 Å². The standard InChI is InChI=1S/C23H21N3O5/c1-14-4-6-17(7-5-14)22-24-21(26-31-22)13-29-23(27)18-8-10-19(11-9-18)28-12-20-15(2)25-30-16(20)3/h4-11H,12-13H2,1-3H3. The molecule has 0 bridgehead atoms. The first kappa shape index (κ1) is 20.3. The van der Waals surface area contributed by atoms with E-state index in [1.807, 2.05) is 45.0 Å². The van der Waals surface area contributed by atoms with Crippen LogP contribution in [0.25, 0.3) is 11.5 Å². The molecular formula is C23H21N3O5. The Hall–Kier alpha value is -3.94. The molecule has 2 aromatic heterocycles. The van der Waals surface area contributed by atoms with Crippen LogP contribution in [0, 0.1) is 20.8 Å². The van der Waals surface area contributed by atoms with E-state index in [-0.39, 0.29) is 6.61 Å². The van der Waals surface area contributed by atoms with Gasteiger partial charge in [0.1, 0.15) is 18.1 Å².